The molecule has 2 aromatic heterocycles. The highest BCUT2D eigenvalue weighted by Gasteiger charge is 2.37. The minimum absolute atomic E-state index is 0.372. The number of fused-ring (bicyclic) bond motifs is 3. The summed E-state index contributed by atoms with van der Waals surface area (Å²) in [4.78, 5) is 19.1. The van der Waals surface area contributed by atoms with E-state index < -0.39 is 5.60 Å². The van der Waals surface area contributed by atoms with Crippen molar-refractivity contribution in [2.24, 2.45) is 0 Å². The fourth-order valence-corrected chi connectivity index (χ4v) is 2.85. The van der Waals surface area contributed by atoms with Gasteiger partial charge in [0.1, 0.15) is 17.0 Å². The molecule has 3 heterocycles. The molecular weight excluding hydrogens is 256 g/mol. The van der Waals surface area contributed by atoms with Gasteiger partial charge in [-0.3, -0.25) is 4.98 Å². The summed E-state index contributed by atoms with van der Waals surface area (Å²) in [5.41, 5.74) is 3.59. The van der Waals surface area contributed by atoms with E-state index in [2.05, 4.69) is 9.97 Å². The Labute approximate surface area is 116 Å². The first-order valence-electron chi connectivity index (χ1n) is 6.40. The van der Waals surface area contributed by atoms with Crippen LogP contribution in [-0.2, 0) is 10.3 Å². The highest BCUT2D eigenvalue weighted by atomic mass is 16.5. The first kappa shape index (κ1) is 12.7. The molecule has 1 N–H and O–H groups in total. The zero-order chi connectivity index (χ0) is 14.5. The summed E-state index contributed by atoms with van der Waals surface area (Å²) in [5, 5.41) is 0. The van der Waals surface area contributed by atoms with Gasteiger partial charge in [0.2, 0.25) is 0 Å². The number of hydrogen-bond acceptors (Lipinski definition) is 4. The first-order valence-corrected chi connectivity index (χ1v) is 6.40. The summed E-state index contributed by atoms with van der Waals surface area (Å²) in [5.74, 6) is 0.339. The number of pyridine rings is 1. The van der Waals surface area contributed by atoms with E-state index in [1.807, 2.05) is 26.8 Å². The van der Waals surface area contributed by atoms with Crippen LogP contribution in [0.5, 0.6) is 5.75 Å². The average molecular weight is 272 g/mol. The molecule has 5 nitrogen and oxygen atoms in total. The van der Waals surface area contributed by atoms with Gasteiger partial charge in [-0.1, -0.05) is 0 Å². The largest absolute Gasteiger partial charge is 0.481 e. The summed E-state index contributed by atoms with van der Waals surface area (Å²) >= 11 is 0. The van der Waals surface area contributed by atoms with E-state index in [1.165, 1.54) is 7.11 Å². The summed E-state index contributed by atoms with van der Waals surface area (Å²) in [6.07, 6.45) is 3.40. The number of methoxy groups -OCH3 is 1. The van der Waals surface area contributed by atoms with Gasteiger partial charge in [0.05, 0.1) is 19.0 Å². The maximum atomic E-state index is 11.9. The van der Waals surface area contributed by atoms with Crippen LogP contribution < -0.4 is 4.74 Å². The van der Waals surface area contributed by atoms with Crippen LogP contribution in [0, 0.1) is 6.92 Å². The zero-order valence-electron chi connectivity index (χ0n) is 11.9. The summed E-state index contributed by atoms with van der Waals surface area (Å²) in [6, 6.07) is 1.88. The molecule has 104 valence electrons. The van der Waals surface area contributed by atoms with Crippen LogP contribution in [0.1, 0.15) is 35.5 Å². The Morgan fingerprint density at radius 1 is 1.45 bits per heavy atom. The van der Waals surface area contributed by atoms with Crippen molar-refractivity contribution >= 4 is 5.97 Å². The molecule has 1 aliphatic rings. The number of nitrogens with one attached hydrogen (secondary N) is 1. The minimum Gasteiger partial charge on any atom is -0.481 e. The molecule has 0 aromatic carbocycles. The van der Waals surface area contributed by atoms with Crippen molar-refractivity contribution in [1.29, 1.82) is 0 Å². The molecule has 2 aromatic rings. The Kier molecular flexibility index (Phi) is 2.61. The van der Waals surface area contributed by atoms with Crippen LogP contribution in [0.4, 0.5) is 0 Å². The second kappa shape index (κ2) is 4.10. The summed E-state index contributed by atoms with van der Waals surface area (Å²) in [6.45, 7) is 5.85. The fraction of sp³-hybridized carbons (Fsp3) is 0.333. The lowest BCUT2D eigenvalue weighted by molar-refractivity contribution is 0.0594. The molecular formula is C15H16N2O3. The number of esters is 1. The number of H-pyrrole nitrogens is 1. The van der Waals surface area contributed by atoms with Crippen molar-refractivity contribution < 1.29 is 14.3 Å². The number of ether oxygens (including phenoxy) is 2. The number of hydrogen-bond donors (Lipinski definition) is 1. The van der Waals surface area contributed by atoms with E-state index in [9.17, 15) is 4.79 Å². The van der Waals surface area contributed by atoms with Gasteiger partial charge in [-0.25, -0.2) is 4.79 Å². The van der Waals surface area contributed by atoms with Gasteiger partial charge in [0.25, 0.3) is 0 Å². The number of carbonyl (C=O) groups is 1. The zero-order valence-corrected chi connectivity index (χ0v) is 11.9. The molecule has 0 spiro atoms. The molecule has 0 fully saturated rings. The van der Waals surface area contributed by atoms with Crippen molar-refractivity contribution in [3.05, 3.63) is 35.3 Å². The Morgan fingerprint density at radius 3 is 2.90 bits per heavy atom. The van der Waals surface area contributed by atoms with Gasteiger partial charge in [0.15, 0.2) is 0 Å². The minimum atomic E-state index is -0.530. The second-order valence-corrected chi connectivity index (χ2v) is 5.35. The number of nitrogens with zero attached hydrogens (tertiary/aromatic N) is 1. The van der Waals surface area contributed by atoms with E-state index >= 15 is 0 Å². The quantitative estimate of drug-likeness (QED) is 0.811. The van der Waals surface area contributed by atoms with Crippen LogP contribution in [0.2, 0.25) is 0 Å². The van der Waals surface area contributed by atoms with E-state index in [-0.39, 0.29) is 5.97 Å². The van der Waals surface area contributed by atoms with Crippen LogP contribution in [-0.4, -0.2) is 23.0 Å². The van der Waals surface area contributed by atoms with Crippen molar-refractivity contribution in [2.75, 3.05) is 7.11 Å². The number of aromatic amines is 1. The molecule has 0 radical (unpaired) electrons. The molecule has 5 heteroatoms. The maximum absolute atomic E-state index is 11.9. The Morgan fingerprint density at radius 2 is 2.20 bits per heavy atom. The molecule has 3 rings (SSSR count). The third-order valence-corrected chi connectivity index (χ3v) is 3.66. The SMILES string of the molecule is COC(=O)c1[nH]c2c(c1C)C(C)(C)Oc1cnccc1-2. The van der Waals surface area contributed by atoms with E-state index in [0.29, 0.717) is 11.4 Å². The average Bonchev–Trinajstić information content (AvgIpc) is 2.76. The second-order valence-electron chi connectivity index (χ2n) is 5.35. The predicted octanol–water partition coefficient (Wildman–Crippen LogP) is 2.80. The van der Waals surface area contributed by atoms with Crippen molar-refractivity contribution in [3.8, 4) is 17.0 Å². The van der Waals surface area contributed by atoms with Crippen LogP contribution >= 0.6 is 0 Å². The van der Waals surface area contributed by atoms with Gasteiger partial charge < -0.3 is 14.5 Å². The van der Waals surface area contributed by atoms with E-state index in [4.69, 9.17) is 9.47 Å². The van der Waals surface area contributed by atoms with Crippen LogP contribution in [0.3, 0.4) is 0 Å². The number of aromatic nitrogens is 2. The summed E-state index contributed by atoms with van der Waals surface area (Å²) in [7, 11) is 1.38. The van der Waals surface area contributed by atoms with Crippen molar-refractivity contribution in [3.63, 3.8) is 0 Å². The molecule has 0 aliphatic carbocycles. The van der Waals surface area contributed by atoms with Crippen molar-refractivity contribution in [2.45, 2.75) is 26.4 Å². The smallest absolute Gasteiger partial charge is 0.354 e. The first-order chi connectivity index (χ1) is 9.45. The highest BCUT2D eigenvalue weighted by Crippen LogP contribution is 2.46. The van der Waals surface area contributed by atoms with Gasteiger partial charge in [-0.2, -0.15) is 0 Å². The summed E-state index contributed by atoms with van der Waals surface area (Å²) < 4.78 is 10.8. The van der Waals surface area contributed by atoms with Gasteiger partial charge in [-0.15, -0.1) is 0 Å². The third kappa shape index (κ3) is 1.62. The number of carbonyl (C=O) groups excluding carboxylic acids is 1. The molecule has 0 unspecified atom stereocenters. The molecule has 0 saturated heterocycles. The molecule has 20 heavy (non-hydrogen) atoms. The lowest BCUT2D eigenvalue weighted by atomic mass is 9.89. The Hall–Kier alpha value is -2.30. The van der Waals surface area contributed by atoms with Gasteiger partial charge in [-0.05, 0) is 32.4 Å². The molecule has 0 atom stereocenters. The lowest BCUT2D eigenvalue weighted by Crippen LogP contribution is -2.29. The van der Waals surface area contributed by atoms with E-state index in [0.717, 1.165) is 22.4 Å². The highest BCUT2D eigenvalue weighted by molar-refractivity contribution is 5.92. The van der Waals surface area contributed by atoms with Gasteiger partial charge >= 0.3 is 5.97 Å². The predicted molar refractivity (Wildman–Crippen MR) is 73.8 cm³/mol. The third-order valence-electron chi connectivity index (χ3n) is 3.66. The van der Waals surface area contributed by atoms with Gasteiger partial charge in [0, 0.05) is 17.3 Å². The van der Waals surface area contributed by atoms with Crippen LogP contribution in [0.15, 0.2) is 18.5 Å². The number of rotatable bonds is 1. The molecule has 0 amide bonds. The molecule has 1 aliphatic heterocycles. The standard InChI is InChI=1S/C15H16N2O3/c1-8-11-13(17-12(8)14(18)19-4)9-5-6-16-7-10(9)20-15(11,2)3/h5-7,17H,1-4H3. The Bertz CT molecular complexity index is 701. The molecule has 0 bridgehead atoms. The van der Waals surface area contributed by atoms with Crippen molar-refractivity contribution in [1.82, 2.24) is 9.97 Å². The van der Waals surface area contributed by atoms with Crippen LogP contribution in [0.25, 0.3) is 11.3 Å². The fourth-order valence-electron chi connectivity index (χ4n) is 2.85. The maximum Gasteiger partial charge on any atom is 0.354 e. The Balaban J connectivity index is 2.31. The lowest BCUT2D eigenvalue weighted by Gasteiger charge is -2.33. The normalized spacial score (nSPS) is 15.0. The molecule has 0 saturated carbocycles. The van der Waals surface area contributed by atoms with E-state index in [1.54, 1.807) is 12.4 Å². The monoisotopic (exact) mass is 272 g/mol. The topological polar surface area (TPSA) is 64.2 Å².